The zero-order valence-corrected chi connectivity index (χ0v) is 14.5. The smallest absolute Gasteiger partial charge is 0.267 e. The molecule has 1 unspecified atom stereocenters. The number of hydrogen-bond acceptors (Lipinski definition) is 5. The van der Waals surface area contributed by atoms with Crippen LogP contribution in [0.1, 0.15) is 12.5 Å². The molecule has 1 N–H and O–H groups in total. The highest BCUT2D eigenvalue weighted by molar-refractivity contribution is 5.94. The third kappa shape index (κ3) is 4.92. The first kappa shape index (κ1) is 19.2. The molecule has 0 heterocycles. The number of ether oxygens (including phenoxy) is 2. The molecule has 0 aliphatic carbocycles. The number of benzene rings is 2. The lowest BCUT2D eigenvalue weighted by atomic mass is 10.2. The number of methoxy groups -OCH3 is 2. The molecule has 0 bridgehead atoms. The zero-order chi connectivity index (χ0) is 19.1. The number of oxime groups is 1. The van der Waals surface area contributed by atoms with Crippen LogP contribution in [0.15, 0.2) is 41.6 Å². The van der Waals surface area contributed by atoms with Crippen LogP contribution in [0.3, 0.4) is 0 Å². The predicted octanol–water partition coefficient (Wildman–Crippen LogP) is 3.36. The molecule has 1 atom stereocenters. The Labute approximate surface area is 149 Å². The first-order valence-electron chi connectivity index (χ1n) is 7.61. The van der Waals surface area contributed by atoms with Gasteiger partial charge in [0.05, 0.1) is 20.4 Å². The Kier molecular flexibility index (Phi) is 6.48. The third-order valence-corrected chi connectivity index (χ3v) is 3.40. The minimum atomic E-state index is -1.06. The average Bonchev–Trinajstić information content (AvgIpc) is 2.64. The van der Waals surface area contributed by atoms with E-state index in [-0.39, 0.29) is 5.69 Å². The maximum atomic E-state index is 13.2. The molecule has 26 heavy (non-hydrogen) atoms. The van der Waals surface area contributed by atoms with E-state index in [0.29, 0.717) is 17.1 Å². The van der Waals surface area contributed by atoms with Crippen LogP contribution < -0.4 is 14.8 Å². The third-order valence-electron chi connectivity index (χ3n) is 3.40. The van der Waals surface area contributed by atoms with Gasteiger partial charge in [-0.3, -0.25) is 4.79 Å². The molecule has 0 aliphatic heterocycles. The van der Waals surface area contributed by atoms with E-state index in [9.17, 15) is 13.6 Å². The zero-order valence-electron chi connectivity index (χ0n) is 14.5. The van der Waals surface area contributed by atoms with Crippen molar-refractivity contribution in [3.05, 3.63) is 53.6 Å². The van der Waals surface area contributed by atoms with E-state index in [4.69, 9.17) is 14.3 Å². The minimum Gasteiger partial charge on any atom is -0.497 e. The Morgan fingerprint density at radius 1 is 1.12 bits per heavy atom. The summed E-state index contributed by atoms with van der Waals surface area (Å²) in [5.41, 5.74) is 0.711. The molecule has 138 valence electrons. The van der Waals surface area contributed by atoms with E-state index >= 15 is 0 Å². The van der Waals surface area contributed by atoms with Crippen molar-refractivity contribution in [2.24, 2.45) is 5.16 Å². The van der Waals surface area contributed by atoms with Crippen molar-refractivity contribution in [1.29, 1.82) is 0 Å². The molecule has 0 saturated heterocycles. The van der Waals surface area contributed by atoms with Gasteiger partial charge in [0.1, 0.15) is 11.5 Å². The largest absolute Gasteiger partial charge is 0.497 e. The van der Waals surface area contributed by atoms with Gasteiger partial charge in [-0.1, -0.05) is 5.16 Å². The molecule has 0 saturated carbocycles. The SMILES string of the molecule is COc1ccc(OC)c(/C=N/OC(C)C(=O)Nc2ccc(F)c(F)c2)c1. The Morgan fingerprint density at radius 2 is 1.88 bits per heavy atom. The van der Waals surface area contributed by atoms with Crippen LogP contribution in [0.5, 0.6) is 11.5 Å². The normalized spacial score (nSPS) is 11.9. The summed E-state index contributed by atoms with van der Waals surface area (Å²) in [7, 11) is 3.04. The van der Waals surface area contributed by atoms with Gasteiger partial charge in [0, 0.05) is 17.3 Å². The number of carbonyl (C=O) groups is 1. The summed E-state index contributed by atoms with van der Waals surface area (Å²) in [6, 6.07) is 8.17. The van der Waals surface area contributed by atoms with Gasteiger partial charge < -0.3 is 19.6 Å². The lowest BCUT2D eigenvalue weighted by molar-refractivity contribution is -0.126. The summed E-state index contributed by atoms with van der Waals surface area (Å²) >= 11 is 0. The van der Waals surface area contributed by atoms with Crippen molar-refractivity contribution in [2.75, 3.05) is 19.5 Å². The number of anilines is 1. The Morgan fingerprint density at radius 3 is 2.54 bits per heavy atom. The fourth-order valence-corrected chi connectivity index (χ4v) is 1.98. The van der Waals surface area contributed by atoms with E-state index in [2.05, 4.69) is 10.5 Å². The first-order chi connectivity index (χ1) is 12.4. The van der Waals surface area contributed by atoms with Crippen molar-refractivity contribution >= 4 is 17.8 Å². The van der Waals surface area contributed by atoms with Gasteiger partial charge in [0.25, 0.3) is 5.91 Å². The Hall–Kier alpha value is -3.16. The number of rotatable bonds is 7. The van der Waals surface area contributed by atoms with E-state index in [0.717, 1.165) is 12.1 Å². The molecule has 0 fully saturated rings. The predicted molar refractivity (Wildman–Crippen MR) is 92.7 cm³/mol. The van der Waals surface area contributed by atoms with Gasteiger partial charge in [-0.25, -0.2) is 8.78 Å². The fourth-order valence-electron chi connectivity index (χ4n) is 1.98. The first-order valence-corrected chi connectivity index (χ1v) is 7.61. The Balaban J connectivity index is 1.98. The van der Waals surface area contributed by atoms with E-state index in [1.807, 2.05) is 0 Å². The summed E-state index contributed by atoms with van der Waals surface area (Å²) < 4.78 is 36.4. The number of halogens is 2. The van der Waals surface area contributed by atoms with Crippen LogP contribution in [0, 0.1) is 11.6 Å². The lowest BCUT2D eigenvalue weighted by Gasteiger charge is -2.11. The van der Waals surface area contributed by atoms with Gasteiger partial charge in [0.15, 0.2) is 11.6 Å². The van der Waals surface area contributed by atoms with Crippen molar-refractivity contribution < 1.29 is 27.9 Å². The quantitative estimate of drug-likeness (QED) is 0.604. The van der Waals surface area contributed by atoms with Crippen LogP contribution in [0.2, 0.25) is 0 Å². The number of carbonyl (C=O) groups excluding carboxylic acids is 1. The standard InChI is InChI=1S/C18H18F2N2O4/c1-11(18(23)22-13-4-6-15(19)16(20)9-13)26-21-10-12-8-14(24-2)5-7-17(12)25-3/h4-11H,1-3H3,(H,22,23)/b21-10+. The summed E-state index contributed by atoms with van der Waals surface area (Å²) in [4.78, 5) is 17.1. The number of amides is 1. The Bertz CT molecular complexity index is 812. The molecular weight excluding hydrogens is 346 g/mol. The monoisotopic (exact) mass is 364 g/mol. The molecule has 0 aromatic heterocycles. The van der Waals surface area contributed by atoms with Gasteiger partial charge in [-0.2, -0.15) is 0 Å². The summed E-state index contributed by atoms with van der Waals surface area (Å²) in [6.07, 6.45) is 0.416. The maximum Gasteiger partial charge on any atom is 0.267 e. The highest BCUT2D eigenvalue weighted by Crippen LogP contribution is 2.22. The molecule has 0 aliphatic rings. The van der Waals surface area contributed by atoms with Gasteiger partial charge >= 0.3 is 0 Å². The van der Waals surface area contributed by atoms with Crippen LogP contribution in [-0.4, -0.2) is 32.4 Å². The van der Waals surface area contributed by atoms with Crippen LogP contribution in [0.25, 0.3) is 0 Å². The van der Waals surface area contributed by atoms with Crippen molar-refractivity contribution in [1.82, 2.24) is 0 Å². The molecule has 1 amide bonds. The number of nitrogens with zero attached hydrogens (tertiary/aromatic N) is 1. The number of hydrogen-bond donors (Lipinski definition) is 1. The molecule has 2 rings (SSSR count). The topological polar surface area (TPSA) is 69.1 Å². The van der Waals surface area contributed by atoms with Crippen molar-refractivity contribution in [3.8, 4) is 11.5 Å². The van der Waals surface area contributed by atoms with E-state index in [1.165, 1.54) is 33.4 Å². The average molecular weight is 364 g/mol. The highest BCUT2D eigenvalue weighted by atomic mass is 19.2. The molecule has 2 aromatic carbocycles. The lowest BCUT2D eigenvalue weighted by Crippen LogP contribution is -2.26. The summed E-state index contributed by atoms with van der Waals surface area (Å²) in [5, 5.41) is 6.17. The highest BCUT2D eigenvalue weighted by Gasteiger charge is 2.15. The molecule has 0 radical (unpaired) electrons. The van der Waals surface area contributed by atoms with Crippen molar-refractivity contribution in [2.45, 2.75) is 13.0 Å². The molecule has 6 nitrogen and oxygen atoms in total. The summed E-state index contributed by atoms with van der Waals surface area (Å²) in [5.74, 6) is -1.46. The number of nitrogens with one attached hydrogen (secondary N) is 1. The minimum absolute atomic E-state index is 0.114. The van der Waals surface area contributed by atoms with E-state index in [1.54, 1.807) is 18.2 Å². The van der Waals surface area contributed by atoms with Crippen molar-refractivity contribution in [3.63, 3.8) is 0 Å². The van der Waals surface area contributed by atoms with Gasteiger partial charge in [0.2, 0.25) is 6.10 Å². The second kappa shape index (κ2) is 8.80. The van der Waals surface area contributed by atoms with E-state index < -0.39 is 23.6 Å². The molecule has 2 aromatic rings. The molecular formula is C18H18F2N2O4. The fraction of sp³-hybridized carbons (Fsp3) is 0.222. The molecule has 0 spiro atoms. The van der Waals surface area contributed by atoms with Gasteiger partial charge in [-0.15, -0.1) is 0 Å². The van der Waals surface area contributed by atoms with Gasteiger partial charge in [-0.05, 0) is 37.3 Å². The molecule has 8 heteroatoms. The van der Waals surface area contributed by atoms with Crippen LogP contribution >= 0.6 is 0 Å². The van der Waals surface area contributed by atoms with Crippen LogP contribution in [-0.2, 0) is 9.63 Å². The van der Waals surface area contributed by atoms with Crippen LogP contribution in [0.4, 0.5) is 14.5 Å². The second-order valence-corrected chi connectivity index (χ2v) is 5.21. The second-order valence-electron chi connectivity index (χ2n) is 5.21. The summed E-state index contributed by atoms with van der Waals surface area (Å²) in [6.45, 7) is 1.47. The maximum absolute atomic E-state index is 13.2.